The van der Waals surface area contributed by atoms with Crippen LogP contribution in [-0.4, -0.2) is 24.8 Å². The lowest BCUT2D eigenvalue weighted by Crippen LogP contribution is -2.37. The lowest BCUT2D eigenvalue weighted by molar-refractivity contribution is 0.188. The summed E-state index contributed by atoms with van der Waals surface area (Å²) in [5.74, 6) is 2.37. The molecule has 7 heteroatoms. The first kappa shape index (κ1) is 20.4. The first-order valence-electron chi connectivity index (χ1n) is 8.80. The lowest BCUT2D eigenvalue weighted by atomic mass is 10.1. The third-order valence-electron chi connectivity index (χ3n) is 4.43. The summed E-state index contributed by atoms with van der Waals surface area (Å²) < 4.78 is 25.0. The summed E-state index contributed by atoms with van der Waals surface area (Å²) in [6.07, 6.45) is 15.9. The first-order chi connectivity index (χ1) is 13.8. The molecular formula is C22H20N2O4S. The van der Waals surface area contributed by atoms with Gasteiger partial charge in [-0.2, -0.15) is 0 Å². The molecule has 0 radical (unpaired) electrons. The van der Waals surface area contributed by atoms with E-state index in [1.54, 1.807) is 18.2 Å². The molecular weight excluding hydrogens is 388 g/mol. The summed E-state index contributed by atoms with van der Waals surface area (Å²) in [5, 5.41) is 10.4. The molecule has 4 rings (SSSR count). The Hall–Kier alpha value is -3.34. The minimum Gasteiger partial charge on any atom is -0.368 e. The number of H-pyrrole nitrogens is 1. The molecule has 1 unspecified atom stereocenters. The van der Waals surface area contributed by atoms with E-state index in [-0.39, 0.29) is 11.3 Å². The van der Waals surface area contributed by atoms with E-state index in [4.69, 9.17) is 6.42 Å². The van der Waals surface area contributed by atoms with E-state index in [1.807, 2.05) is 0 Å². The number of sulfonamides is 1. The van der Waals surface area contributed by atoms with E-state index in [0.29, 0.717) is 5.56 Å². The highest BCUT2D eigenvalue weighted by atomic mass is 32.2. The van der Waals surface area contributed by atoms with Gasteiger partial charge in [0.05, 0.1) is 17.5 Å². The van der Waals surface area contributed by atoms with Gasteiger partial charge in [0.2, 0.25) is 10.0 Å². The van der Waals surface area contributed by atoms with E-state index >= 15 is 0 Å². The maximum Gasteiger partial charge on any atom is 0.255 e. The third-order valence-corrected chi connectivity index (χ3v) is 5.55. The number of aromatic amines is 1. The van der Waals surface area contributed by atoms with Crippen molar-refractivity contribution in [2.75, 3.05) is 10.6 Å². The van der Waals surface area contributed by atoms with Gasteiger partial charge in [-0.15, -0.1) is 6.42 Å². The minimum absolute atomic E-state index is 0.0975. The Morgan fingerprint density at radius 3 is 2.28 bits per heavy atom. The van der Waals surface area contributed by atoms with Crippen molar-refractivity contribution in [2.45, 2.75) is 12.6 Å². The number of benzene rings is 1. The number of hydrogen-bond donors (Lipinski definition) is 2. The number of nitrogens with one attached hydrogen (secondary N) is 1. The van der Waals surface area contributed by atoms with E-state index in [1.165, 1.54) is 42.0 Å². The molecule has 2 aliphatic rings. The number of nitrogens with zero attached hydrogens (tertiary/aromatic N) is 1. The lowest BCUT2D eigenvalue weighted by Gasteiger charge is -2.28. The second-order valence-electron chi connectivity index (χ2n) is 6.54. The molecule has 0 saturated carbocycles. The molecule has 6 nitrogen and oxygen atoms in total. The highest BCUT2D eigenvalue weighted by Gasteiger charge is 2.29. The van der Waals surface area contributed by atoms with Gasteiger partial charge in [-0.25, -0.2) is 12.7 Å². The fraction of sp³-hybridized carbons (Fsp3) is 0.136. The maximum absolute atomic E-state index is 12.1. The van der Waals surface area contributed by atoms with Crippen molar-refractivity contribution in [1.82, 2.24) is 4.98 Å². The zero-order valence-electron chi connectivity index (χ0n) is 15.7. The number of anilines is 1. The largest absolute Gasteiger partial charge is 0.368 e. The van der Waals surface area contributed by atoms with Gasteiger partial charge in [0.15, 0.2) is 6.23 Å². The number of aromatic nitrogens is 1. The molecule has 1 aromatic carbocycles. The average Bonchev–Trinajstić information content (AvgIpc) is 3.34. The van der Waals surface area contributed by atoms with Crippen LogP contribution >= 0.6 is 0 Å². The topological polar surface area (TPSA) is 90.5 Å². The van der Waals surface area contributed by atoms with Crippen LogP contribution in [0.25, 0.3) is 0 Å². The summed E-state index contributed by atoms with van der Waals surface area (Å²) in [6.45, 7) is 0. The number of allylic oxidation sites excluding steroid dienone is 6. The van der Waals surface area contributed by atoms with Gasteiger partial charge in [-0.3, -0.25) is 4.79 Å². The maximum atomic E-state index is 12.1. The van der Waals surface area contributed by atoms with Gasteiger partial charge in [0.25, 0.3) is 5.56 Å². The number of fused-ring (bicyclic) bond motifs is 2. The van der Waals surface area contributed by atoms with E-state index in [2.05, 4.69) is 35.2 Å². The Morgan fingerprint density at radius 1 is 1.14 bits per heavy atom. The van der Waals surface area contributed by atoms with Crippen molar-refractivity contribution >= 4 is 15.7 Å². The van der Waals surface area contributed by atoms with Gasteiger partial charge >= 0.3 is 0 Å². The number of aliphatic hydroxyl groups is 1. The number of terminal acetylenes is 1. The zero-order valence-corrected chi connectivity index (χ0v) is 16.6. The summed E-state index contributed by atoms with van der Waals surface area (Å²) in [7, 11) is -3.88. The average molecular weight is 408 g/mol. The molecule has 2 bridgehead atoms. The van der Waals surface area contributed by atoms with Crippen LogP contribution in [0.15, 0.2) is 82.8 Å². The molecule has 0 fully saturated rings. The summed E-state index contributed by atoms with van der Waals surface area (Å²) in [6, 6.07) is 9.11. The smallest absolute Gasteiger partial charge is 0.255 e. The Bertz CT molecular complexity index is 1190. The van der Waals surface area contributed by atoms with Crippen LogP contribution in [0, 0.1) is 12.3 Å². The van der Waals surface area contributed by atoms with Gasteiger partial charge in [-0.05, 0) is 41.8 Å². The SMILES string of the molecule is C#Cc1ccccc1N(C(O)c1ccc[nH]c1=O)S(C)(=O)=O.C1=CC2=CC=C1C2. The van der Waals surface area contributed by atoms with Crippen molar-refractivity contribution in [3.05, 3.63) is 99.5 Å². The molecule has 148 valence electrons. The Morgan fingerprint density at radius 2 is 1.79 bits per heavy atom. The fourth-order valence-electron chi connectivity index (χ4n) is 3.05. The Labute approximate surface area is 169 Å². The summed E-state index contributed by atoms with van der Waals surface area (Å²) >= 11 is 0. The molecule has 1 atom stereocenters. The quantitative estimate of drug-likeness (QED) is 0.601. The number of rotatable bonds is 4. The van der Waals surface area contributed by atoms with Crippen molar-refractivity contribution in [2.24, 2.45) is 0 Å². The van der Waals surface area contributed by atoms with Gasteiger partial charge in [0.1, 0.15) is 0 Å². The fourth-order valence-corrected chi connectivity index (χ4v) is 4.05. The number of aliphatic hydroxyl groups excluding tert-OH is 1. The van der Waals surface area contributed by atoms with Gasteiger partial charge in [0, 0.05) is 11.8 Å². The van der Waals surface area contributed by atoms with Gasteiger partial charge < -0.3 is 10.1 Å². The Balaban J connectivity index is 0.000000283. The second kappa shape index (κ2) is 8.35. The van der Waals surface area contributed by atoms with Crippen LogP contribution in [0.1, 0.15) is 23.8 Å². The van der Waals surface area contributed by atoms with Crippen LogP contribution in [0.3, 0.4) is 0 Å². The van der Waals surface area contributed by atoms with E-state index < -0.39 is 21.8 Å². The highest BCUT2D eigenvalue weighted by Crippen LogP contribution is 2.29. The predicted molar refractivity (Wildman–Crippen MR) is 114 cm³/mol. The molecule has 0 spiro atoms. The van der Waals surface area contributed by atoms with E-state index in [9.17, 15) is 18.3 Å². The van der Waals surface area contributed by atoms with E-state index in [0.717, 1.165) is 10.6 Å². The van der Waals surface area contributed by atoms with Crippen LogP contribution < -0.4 is 9.86 Å². The Kier molecular flexibility index (Phi) is 5.87. The van der Waals surface area contributed by atoms with Gasteiger partial charge in [-0.1, -0.05) is 42.4 Å². The van der Waals surface area contributed by atoms with Crippen molar-refractivity contribution in [3.63, 3.8) is 0 Å². The summed E-state index contributed by atoms with van der Waals surface area (Å²) in [4.78, 5) is 14.2. The molecule has 2 aromatic rings. The van der Waals surface area contributed by atoms with Crippen molar-refractivity contribution in [3.8, 4) is 12.3 Å². The minimum atomic E-state index is -3.88. The molecule has 0 aliphatic heterocycles. The highest BCUT2D eigenvalue weighted by molar-refractivity contribution is 7.92. The molecule has 2 N–H and O–H groups in total. The monoisotopic (exact) mass is 408 g/mol. The zero-order chi connectivity index (χ0) is 21.0. The first-order valence-corrected chi connectivity index (χ1v) is 10.6. The normalized spacial score (nSPS) is 14.9. The molecule has 1 heterocycles. The predicted octanol–water partition coefficient (Wildman–Crippen LogP) is 2.63. The van der Waals surface area contributed by atoms with Crippen LogP contribution in [0.5, 0.6) is 0 Å². The number of para-hydroxylation sites is 1. The standard InChI is InChI=1S/C15H14N2O4S.C7H6/c1-3-11-7-4-5-9-13(11)17(22(2,20)21)15(19)12-8-6-10-16-14(12)18;1-2-7-4-3-6(1)5-7/h1,4-10,15,19H,2H3,(H,16,18);1-4H,5H2. The van der Waals surface area contributed by atoms with Crippen LogP contribution in [0.4, 0.5) is 5.69 Å². The molecule has 2 aliphatic carbocycles. The molecule has 29 heavy (non-hydrogen) atoms. The molecule has 0 amide bonds. The molecule has 1 aromatic heterocycles. The summed E-state index contributed by atoms with van der Waals surface area (Å²) in [5.41, 5.74) is 2.68. The number of hydrogen-bond acceptors (Lipinski definition) is 4. The van der Waals surface area contributed by atoms with Crippen LogP contribution in [-0.2, 0) is 10.0 Å². The van der Waals surface area contributed by atoms with Crippen LogP contribution in [0.2, 0.25) is 0 Å². The second-order valence-corrected chi connectivity index (χ2v) is 8.40. The molecule has 0 saturated heterocycles. The van der Waals surface area contributed by atoms with Crippen molar-refractivity contribution < 1.29 is 13.5 Å². The number of pyridine rings is 1. The van der Waals surface area contributed by atoms with Crippen molar-refractivity contribution in [1.29, 1.82) is 0 Å². The third kappa shape index (κ3) is 4.57.